The van der Waals surface area contributed by atoms with Crippen molar-refractivity contribution in [2.75, 3.05) is 0 Å². The number of rotatable bonds is 5. The van der Waals surface area contributed by atoms with E-state index in [9.17, 15) is 0 Å². The molecule has 0 unspecified atom stereocenters. The van der Waals surface area contributed by atoms with Gasteiger partial charge >= 0.3 is 0 Å². The first-order valence-corrected chi connectivity index (χ1v) is 9.50. The smallest absolute Gasteiger partial charge is 0.147 e. The third kappa shape index (κ3) is 5.23. The molecule has 0 bridgehead atoms. The van der Waals surface area contributed by atoms with Gasteiger partial charge in [-0.3, -0.25) is 0 Å². The average molecular weight is 451 g/mol. The molecule has 2 aromatic rings. The van der Waals surface area contributed by atoms with Gasteiger partial charge in [0, 0.05) is 9.37 Å². The van der Waals surface area contributed by atoms with Crippen LogP contribution in [-0.2, 0) is 12.2 Å². The summed E-state index contributed by atoms with van der Waals surface area (Å²) in [7, 11) is 0. The molecule has 6 heteroatoms. The van der Waals surface area contributed by atoms with Crippen LogP contribution >= 0.6 is 55.2 Å². The molecule has 2 rings (SSSR count). The van der Waals surface area contributed by atoms with E-state index in [2.05, 4.69) is 67.8 Å². The second-order valence-corrected chi connectivity index (χ2v) is 8.15. The number of hydrogen-bond acceptors (Lipinski definition) is 3. The van der Waals surface area contributed by atoms with Gasteiger partial charge in [0.2, 0.25) is 0 Å². The molecule has 1 aromatic heterocycles. The quantitative estimate of drug-likeness (QED) is 0.404. The molecule has 2 nitrogen and oxygen atoms in total. The molecule has 21 heavy (non-hydrogen) atoms. The Labute approximate surface area is 151 Å². The molecule has 0 aliphatic rings. The number of thioether (sulfide) groups is 1. The molecule has 0 aliphatic heterocycles. The van der Waals surface area contributed by atoms with Crippen molar-refractivity contribution in [2.24, 2.45) is 5.92 Å². The van der Waals surface area contributed by atoms with Crippen LogP contribution in [0.2, 0.25) is 5.15 Å². The zero-order valence-corrected chi connectivity index (χ0v) is 16.5. The molecule has 0 N–H and O–H groups in total. The summed E-state index contributed by atoms with van der Waals surface area (Å²) in [5.74, 6) is 2.01. The summed E-state index contributed by atoms with van der Waals surface area (Å²) < 4.78 is 1.89. The van der Waals surface area contributed by atoms with Gasteiger partial charge in [0.05, 0.1) is 15.9 Å². The fourth-order valence-corrected chi connectivity index (χ4v) is 3.34. The molecule has 0 spiro atoms. The third-order valence-electron chi connectivity index (χ3n) is 2.71. The van der Waals surface area contributed by atoms with E-state index in [1.807, 2.05) is 12.1 Å². The van der Waals surface area contributed by atoms with E-state index in [0.29, 0.717) is 16.8 Å². The topological polar surface area (TPSA) is 25.8 Å². The predicted molar refractivity (Wildman–Crippen MR) is 97.0 cm³/mol. The van der Waals surface area contributed by atoms with Gasteiger partial charge in [-0.05, 0) is 52.5 Å². The largest absolute Gasteiger partial charge is 0.236 e. The highest BCUT2D eigenvalue weighted by Crippen LogP contribution is 2.28. The van der Waals surface area contributed by atoms with Gasteiger partial charge in [-0.2, -0.15) is 0 Å². The van der Waals surface area contributed by atoms with Crippen molar-refractivity contribution in [3.63, 3.8) is 0 Å². The van der Waals surface area contributed by atoms with Crippen LogP contribution in [0.3, 0.4) is 0 Å². The van der Waals surface area contributed by atoms with Gasteiger partial charge in [-0.25, -0.2) is 9.97 Å². The lowest BCUT2D eigenvalue weighted by Gasteiger charge is -2.10. The van der Waals surface area contributed by atoms with Crippen molar-refractivity contribution in [1.29, 1.82) is 0 Å². The standard InChI is InChI=1S/C15H15Br2ClN2S/c1-9(2)7-12-14(17)15(18)20-13(19-12)8-21-11-5-3-10(16)4-6-11/h3-6,9H,7-8H2,1-2H3. The summed E-state index contributed by atoms with van der Waals surface area (Å²) in [5, 5.41) is 0.493. The molecule has 0 atom stereocenters. The van der Waals surface area contributed by atoms with Crippen LogP contribution < -0.4 is 0 Å². The van der Waals surface area contributed by atoms with Gasteiger partial charge < -0.3 is 0 Å². The molecule has 112 valence electrons. The van der Waals surface area contributed by atoms with E-state index in [0.717, 1.165) is 26.9 Å². The summed E-state index contributed by atoms with van der Waals surface area (Å²) >= 11 is 14.8. The monoisotopic (exact) mass is 448 g/mol. The SMILES string of the molecule is CC(C)Cc1nc(CSc2ccc(Br)cc2)nc(Cl)c1Br. The van der Waals surface area contributed by atoms with Gasteiger partial charge in [0.1, 0.15) is 11.0 Å². The molecule has 1 aromatic carbocycles. The average Bonchev–Trinajstić information content (AvgIpc) is 2.43. The number of hydrogen-bond donors (Lipinski definition) is 0. The van der Waals surface area contributed by atoms with E-state index < -0.39 is 0 Å². The molecule has 0 fully saturated rings. The second kappa shape index (κ2) is 7.95. The number of nitrogens with zero attached hydrogens (tertiary/aromatic N) is 2. The van der Waals surface area contributed by atoms with Crippen LogP contribution in [0, 0.1) is 5.92 Å². The first-order valence-electron chi connectivity index (χ1n) is 6.55. The first-order chi connectivity index (χ1) is 9.95. The Morgan fingerprint density at radius 3 is 2.43 bits per heavy atom. The number of benzene rings is 1. The molecule has 0 saturated carbocycles. The van der Waals surface area contributed by atoms with E-state index in [1.54, 1.807) is 11.8 Å². The van der Waals surface area contributed by atoms with Crippen LogP contribution in [0.25, 0.3) is 0 Å². The lowest BCUT2D eigenvalue weighted by atomic mass is 10.1. The maximum atomic E-state index is 6.19. The van der Waals surface area contributed by atoms with Gasteiger partial charge in [-0.15, -0.1) is 11.8 Å². The highest BCUT2D eigenvalue weighted by atomic mass is 79.9. The van der Waals surface area contributed by atoms with Gasteiger partial charge in [0.25, 0.3) is 0 Å². The minimum Gasteiger partial charge on any atom is -0.236 e. The van der Waals surface area contributed by atoms with Gasteiger partial charge in [0.15, 0.2) is 0 Å². The van der Waals surface area contributed by atoms with Crippen molar-refractivity contribution < 1.29 is 0 Å². The van der Waals surface area contributed by atoms with Crippen LogP contribution in [0.1, 0.15) is 25.4 Å². The maximum absolute atomic E-state index is 6.19. The van der Waals surface area contributed by atoms with Crippen LogP contribution in [0.4, 0.5) is 0 Å². The lowest BCUT2D eigenvalue weighted by molar-refractivity contribution is 0.629. The van der Waals surface area contributed by atoms with E-state index >= 15 is 0 Å². The summed E-state index contributed by atoms with van der Waals surface area (Å²) in [6.07, 6.45) is 0.888. The molecule has 0 saturated heterocycles. The third-order valence-corrected chi connectivity index (χ3v) is 5.58. The maximum Gasteiger partial charge on any atom is 0.147 e. The Hall–Kier alpha value is -0.100. The van der Waals surface area contributed by atoms with Crippen molar-refractivity contribution in [1.82, 2.24) is 9.97 Å². The number of halogens is 3. The molecular weight excluding hydrogens is 436 g/mol. The molecule has 0 aliphatic carbocycles. The molecule has 1 heterocycles. The van der Waals surface area contributed by atoms with E-state index in [1.165, 1.54) is 4.90 Å². The van der Waals surface area contributed by atoms with Gasteiger partial charge in [-0.1, -0.05) is 41.4 Å². The van der Waals surface area contributed by atoms with Crippen LogP contribution in [0.15, 0.2) is 38.1 Å². The van der Waals surface area contributed by atoms with Crippen molar-refractivity contribution in [3.8, 4) is 0 Å². The lowest BCUT2D eigenvalue weighted by Crippen LogP contribution is -2.04. The normalized spacial score (nSPS) is 11.1. The van der Waals surface area contributed by atoms with Crippen molar-refractivity contribution in [3.05, 3.63) is 49.9 Å². The Morgan fingerprint density at radius 2 is 1.81 bits per heavy atom. The highest BCUT2D eigenvalue weighted by Gasteiger charge is 2.12. The molecule has 0 amide bonds. The van der Waals surface area contributed by atoms with Crippen molar-refractivity contribution in [2.45, 2.75) is 30.9 Å². The second-order valence-electron chi connectivity index (χ2n) is 5.03. The van der Waals surface area contributed by atoms with E-state index in [4.69, 9.17) is 11.6 Å². The summed E-state index contributed by atoms with van der Waals surface area (Å²) in [4.78, 5) is 10.2. The number of aromatic nitrogens is 2. The Morgan fingerprint density at radius 1 is 1.14 bits per heavy atom. The fraction of sp³-hybridized carbons (Fsp3) is 0.333. The Kier molecular flexibility index (Phi) is 6.53. The van der Waals surface area contributed by atoms with Crippen LogP contribution in [0.5, 0.6) is 0 Å². The van der Waals surface area contributed by atoms with E-state index in [-0.39, 0.29) is 0 Å². The summed E-state index contributed by atoms with van der Waals surface area (Å²) in [5.41, 5.74) is 0.983. The minimum atomic E-state index is 0.493. The summed E-state index contributed by atoms with van der Waals surface area (Å²) in [6.45, 7) is 4.33. The minimum absolute atomic E-state index is 0.493. The predicted octanol–water partition coefficient (Wildman–Crippen LogP) is 6.15. The molecule has 0 radical (unpaired) electrons. The Bertz CT molecular complexity index is 618. The Balaban J connectivity index is 2.12. The van der Waals surface area contributed by atoms with Crippen LogP contribution in [-0.4, -0.2) is 9.97 Å². The first kappa shape index (κ1) is 17.3. The van der Waals surface area contributed by atoms with Crippen molar-refractivity contribution >= 4 is 55.2 Å². The summed E-state index contributed by atoms with van der Waals surface area (Å²) in [6, 6.07) is 8.21. The fourth-order valence-electron chi connectivity index (χ4n) is 1.78. The highest BCUT2D eigenvalue weighted by molar-refractivity contribution is 9.10. The zero-order chi connectivity index (χ0) is 15.4. The molecular formula is C15H15Br2ClN2S. The zero-order valence-electron chi connectivity index (χ0n) is 11.7.